The Bertz CT molecular complexity index is 465. The van der Waals surface area contributed by atoms with Crippen LogP contribution in [-0.4, -0.2) is 12.2 Å². The Hall–Kier alpha value is -0.860. The van der Waals surface area contributed by atoms with Crippen molar-refractivity contribution >= 4 is 0 Å². The van der Waals surface area contributed by atoms with Crippen LogP contribution < -0.4 is 0 Å². The molecule has 1 aliphatic rings. The van der Waals surface area contributed by atoms with E-state index < -0.39 is 0 Å². The lowest BCUT2D eigenvalue weighted by Crippen LogP contribution is -2.27. The molecule has 0 aromatic heterocycles. The molecule has 2 atom stereocenters. The Labute approximate surface area is 129 Å². The van der Waals surface area contributed by atoms with Gasteiger partial charge in [-0.25, -0.2) is 0 Å². The second-order valence-electron chi connectivity index (χ2n) is 8.29. The van der Waals surface area contributed by atoms with E-state index >= 15 is 0 Å². The first kappa shape index (κ1) is 16.5. The molecule has 2 heteroatoms. The van der Waals surface area contributed by atoms with E-state index in [-0.39, 0.29) is 23.2 Å². The molecule has 0 saturated heterocycles. The highest BCUT2D eigenvalue weighted by molar-refractivity contribution is 5.33. The maximum absolute atomic E-state index is 6.24. The molecule has 0 saturated carbocycles. The van der Waals surface area contributed by atoms with Crippen LogP contribution in [0.15, 0.2) is 24.3 Å². The summed E-state index contributed by atoms with van der Waals surface area (Å²) in [5, 5.41) is 0. The van der Waals surface area contributed by atoms with Crippen LogP contribution in [0.4, 0.5) is 0 Å². The van der Waals surface area contributed by atoms with Crippen LogP contribution in [0.2, 0.25) is 0 Å². The summed E-state index contributed by atoms with van der Waals surface area (Å²) in [4.78, 5) is 0. The summed E-state index contributed by atoms with van der Waals surface area (Å²) >= 11 is 0. The molecular formula is C19H30O2. The maximum atomic E-state index is 6.24. The second kappa shape index (κ2) is 6.10. The largest absolute Gasteiger partial charge is 0.373 e. The highest BCUT2D eigenvalue weighted by atomic mass is 16.5. The maximum Gasteiger partial charge on any atom is 0.0836 e. The van der Waals surface area contributed by atoms with E-state index in [2.05, 4.69) is 65.8 Å². The quantitative estimate of drug-likeness (QED) is 0.738. The third-order valence-electron chi connectivity index (χ3n) is 3.59. The topological polar surface area (TPSA) is 18.5 Å². The molecule has 0 heterocycles. The van der Waals surface area contributed by atoms with Gasteiger partial charge < -0.3 is 9.47 Å². The van der Waals surface area contributed by atoms with Crippen molar-refractivity contribution in [3.8, 4) is 0 Å². The predicted molar refractivity (Wildman–Crippen MR) is 87.4 cm³/mol. The summed E-state index contributed by atoms with van der Waals surface area (Å²) in [7, 11) is 0. The molecular weight excluding hydrogens is 260 g/mol. The molecule has 1 aromatic rings. The van der Waals surface area contributed by atoms with Gasteiger partial charge in [-0.15, -0.1) is 0 Å². The number of ether oxygens (including phenoxy) is 2. The molecule has 0 radical (unpaired) electrons. The van der Waals surface area contributed by atoms with Gasteiger partial charge in [0.1, 0.15) is 0 Å². The summed E-state index contributed by atoms with van der Waals surface area (Å²) in [5.41, 5.74) is 2.70. The monoisotopic (exact) mass is 290 g/mol. The Kier molecular flexibility index (Phi) is 4.79. The molecule has 0 fully saturated rings. The molecule has 0 aliphatic heterocycles. The third kappa shape index (κ3) is 4.82. The van der Waals surface area contributed by atoms with E-state index in [4.69, 9.17) is 9.47 Å². The van der Waals surface area contributed by atoms with Crippen LogP contribution >= 0.6 is 0 Å². The number of benzene rings is 1. The number of rotatable bonds is 3. The van der Waals surface area contributed by atoms with Gasteiger partial charge in [0.05, 0.1) is 24.4 Å². The minimum atomic E-state index is -0.114. The van der Waals surface area contributed by atoms with Gasteiger partial charge in [0, 0.05) is 0 Å². The molecule has 118 valence electrons. The fraction of sp³-hybridized carbons (Fsp3) is 0.684. The van der Waals surface area contributed by atoms with Crippen molar-refractivity contribution in [3.63, 3.8) is 0 Å². The summed E-state index contributed by atoms with van der Waals surface area (Å²) in [6, 6.07) is 8.59. The van der Waals surface area contributed by atoms with Gasteiger partial charge in [0.25, 0.3) is 0 Å². The van der Waals surface area contributed by atoms with Crippen LogP contribution in [0.25, 0.3) is 0 Å². The predicted octanol–water partition coefficient (Wildman–Crippen LogP) is 5.44. The average Bonchev–Trinajstić information content (AvgIpc) is 2.35. The number of hydrogen-bond donors (Lipinski definition) is 0. The normalized spacial score (nSPS) is 23.0. The smallest absolute Gasteiger partial charge is 0.0836 e. The zero-order valence-corrected chi connectivity index (χ0v) is 14.4. The Morgan fingerprint density at radius 2 is 1.43 bits per heavy atom. The van der Waals surface area contributed by atoms with Gasteiger partial charge in [-0.3, -0.25) is 0 Å². The lowest BCUT2D eigenvalue weighted by atomic mass is 9.86. The van der Waals surface area contributed by atoms with Gasteiger partial charge in [-0.05, 0) is 50.2 Å². The van der Waals surface area contributed by atoms with Crippen molar-refractivity contribution in [3.05, 3.63) is 35.4 Å². The van der Waals surface area contributed by atoms with E-state index in [1.54, 1.807) is 0 Å². The first-order valence-corrected chi connectivity index (χ1v) is 8.04. The summed E-state index contributed by atoms with van der Waals surface area (Å²) in [6.45, 7) is 13.8. The first-order valence-electron chi connectivity index (χ1n) is 8.04. The lowest BCUT2D eigenvalue weighted by molar-refractivity contribution is -0.0843. The van der Waals surface area contributed by atoms with Crippen molar-refractivity contribution in [2.75, 3.05) is 6.61 Å². The first-order chi connectivity index (χ1) is 9.66. The van der Waals surface area contributed by atoms with E-state index in [1.165, 1.54) is 11.1 Å². The molecule has 0 bridgehead atoms. The molecule has 1 aromatic carbocycles. The van der Waals surface area contributed by atoms with Gasteiger partial charge in [0.2, 0.25) is 0 Å². The highest BCUT2D eigenvalue weighted by Crippen LogP contribution is 2.42. The van der Waals surface area contributed by atoms with Crippen molar-refractivity contribution in [2.24, 2.45) is 5.41 Å². The van der Waals surface area contributed by atoms with Crippen molar-refractivity contribution in [1.82, 2.24) is 0 Å². The zero-order chi connectivity index (χ0) is 15.7. The van der Waals surface area contributed by atoms with E-state index in [0.29, 0.717) is 0 Å². The standard InChI is InChI=1S/C19H30O2/c1-18(2,3)13-20-16-11-12-17(21-19(4,5)6)15-10-8-7-9-14(15)16/h7-10,16-17H,11-13H2,1-6H3. The van der Waals surface area contributed by atoms with Gasteiger partial charge in [-0.1, -0.05) is 45.0 Å². The number of fused-ring (bicyclic) bond motifs is 1. The third-order valence-corrected chi connectivity index (χ3v) is 3.59. The fourth-order valence-electron chi connectivity index (χ4n) is 2.78. The fourth-order valence-corrected chi connectivity index (χ4v) is 2.78. The van der Waals surface area contributed by atoms with Gasteiger partial charge in [-0.2, -0.15) is 0 Å². The van der Waals surface area contributed by atoms with Crippen LogP contribution in [0, 0.1) is 5.41 Å². The van der Waals surface area contributed by atoms with Crippen molar-refractivity contribution in [2.45, 2.75) is 72.2 Å². The Morgan fingerprint density at radius 1 is 0.905 bits per heavy atom. The Balaban J connectivity index is 2.16. The van der Waals surface area contributed by atoms with E-state index in [1.807, 2.05) is 0 Å². The molecule has 21 heavy (non-hydrogen) atoms. The van der Waals surface area contributed by atoms with Crippen molar-refractivity contribution < 1.29 is 9.47 Å². The summed E-state index contributed by atoms with van der Waals surface area (Å²) in [5.74, 6) is 0. The van der Waals surface area contributed by atoms with Crippen LogP contribution in [0.5, 0.6) is 0 Å². The SMILES string of the molecule is CC(C)(C)COC1CCC(OC(C)(C)C)c2ccccc21. The molecule has 1 aliphatic carbocycles. The van der Waals surface area contributed by atoms with Crippen LogP contribution in [-0.2, 0) is 9.47 Å². The molecule has 2 nitrogen and oxygen atoms in total. The van der Waals surface area contributed by atoms with E-state index in [9.17, 15) is 0 Å². The van der Waals surface area contributed by atoms with Gasteiger partial charge >= 0.3 is 0 Å². The van der Waals surface area contributed by atoms with E-state index in [0.717, 1.165) is 19.4 Å². The zero-order valence-electron chi connectivity index (χ0n) is 14.4. The van der Waals surface area contributed by atoms with Crippen LogP contribution in [0.3, 0.4) is 0 Å². The Morgan fingerprint density at radius 3 is 1.95 bits per heavy atom. The van der Waals surface area contributed by atoms with Gasteiger partial charge in [0.15, 0.2) is 0 Å². The molecule has 0 spiro atoms. The second-order valence-corrected chi connectivity index (χ2v) is 8.29. The average molecular weight is 290 g/mol. The molecule has 2 unspecified atom stereocenters. The molecule has 0 N–H and O–H groups in total. The minimum absolute atomic E-state index is 0.114. The van der Waals surface area contributed by atoms with Crippen molar-refractivity contribution in [1.29, 1.82) is 0 Å². The lowest BCUT2D eigenvalue weighted by Gasteiger charge is -2.36. The molecule has 0 amide bonds. The molecule has 2 rings (SSSR count). The summed E-state index contributed by atoms with van der Waals surface area (Å²) in [6.07, 6.45) is 2.47. The highest BCUT2D eigenvalue weighted by Gasteiger charge is 2.31. The minimum Gasteiger partial charge on any atom is -0.373 e. The summed E-state index contributed by atoms with van der Waals surface area (Å²) < 4.78 is 12.4. The van der Waals surface area contributed by atoms with Crippen LogP contribution in [0.1, 0.15) is 77.7 Å². The number of hydrogen-bond acceptors (Lipinski definition) is 2.